The number of halogens is 1. The number of carbonyl (C=O) groups is 1. The molecule has 0 aliphatic carbocycles. The molecule has 0 aliphatic heterocycles. The molecular formula is C7H6ClN3O3. The number of anilines is 1. The first kappa shape index (κ1) is 10.4. The van der Waals surface area contributed by atoms with Gasteiger partial charge >= 0.3 is 5.97 Å². The summed E-state index contributed by atoms with van der Waals surface area (Å²) < 4.78 is 0. The van der Waals surface area contributed by atoms with Crippen LogP contribution in [0.5, 0.6) is 0 Å². The molecule has 6 nitrogen and oxygen atoms in total. The Bertz CT molecular complexity index is 358. The van der Waals surface area contributed by atoms with Crippen LogP contribution in [-0.4, -0.2) is 22.6 Å². The van der Waals surface area contributed by atoms with Crippen molar-refractivity contribution in [2.45, 2.75) is 0 Å². The summed E-state index contributed by atoms with van der Waals surface area (Å²) in [5.41, 5.74) is 0.173. The number of rotatable bonds is 4. The van der Waals surface area contributed by atoms with E-state index in [0.717, 1.165) is 5.01 Å². The smallest absolute Gasteiger partial charge is 0.325 e. The van der Waals surface area contributed by atoms with Crippen molar-refractivity contribution in [2.75, 3.05) is 11.6 Å². The van der Waals surface area contributed by atoms with Crippen molar-refractivity contribution in [3.05, 3.63) is 28.4 Å². The van der Waals surface area contributed by atoms with Crippen LogP contribution < -0.4 is 5.01 Å². The Labute approximate surface area is 84.1 Å². The van der Waals surface area contributed by atoms with Crippen molar-refractivity contribution in [3.63, 3.8) is 0 Å². The predicted octanol–water partition coefficient (Wildman–Crippen LogP) is 1.31. The zero-order valence-corrected chi connectivity index (χ0v) is 7.68. The number of hydrogen-bond donors (Lipinski definition) is 1. The lowest BCUT2D eigenvalue weighted by Gasteiger charge is -2.12. The van der Waals surface area contributed by atoms with Crippen LogP contribution >= 0.6 is 11.6 Å². The second kappa shape index (κ2) is 4.52. The minimum atomic E-state index is -1.18. The van der Waals surface area contributed by atoms with E-state index in [2.05, 4.69) is 10.3 Å². The van der Waals surface area contributed by atoms with Crippen LogP contribution in [0.25, 0.3) is 0 Å². The maximum absolute atomic E-state index is 10.3. The summed E-state index contributed by atoms with van der Waals surface area (Å²) in [5, 5.41) is 11.8. The summed E-state index contributed by atoms with van der Waals surface area (Å²) in [6, 6.07) is 2.99. The molecule has 0 fully saturated rings. The third-order valence-electron chi connectivity index (χ3n) is 1.40. The summed E-state index contributed by atoms with van der Waals surface area (Å²) in [6.07, 6.45) is 1.43. The molecule has 1 heterocycles. The van der Waals surface area contributed by atoms with Gasteiger partial charge in [-0.1, -0.05) is 11.6 Å². The minimum Gasteiger partial charge on any atom is -0.480 e. The molecule has 0 saturated carbocycles. The molecule has 0 saturated heterocycles. The summed E-state index contributed by atoms with van der Waals surface area (Å²) in [4.78, 5) is 24.4. The molecule has 1 aromatic heterocycles. The third kappa shape index (κ3) is 2.40. The third-order valence-corrected chi connectivity index (χ3v) is 1.69. The molecule has 0 amide bonds. The van der Waals surface area contributed by atoms with E-state index < -0.39 is 12.5 Å². The highest BCUT2D eigenvalue weighted by molar-refractivity contribution is 6.32. The van der Waals surface area contributed by atoms with Crippen LogP contribution in [0.4, 0.5) is 5.69 Å². The Morgan fingerprint density at radius 2 is 2.43 bits per heavy atom. The maximum atomic E-state index is 10.3. The van der Waals surface area contributed by atoms with Gasteiger partial charge in [0.15, 0.2) is 5.15 Å². The first-order valence-electron chi connectivity index (χ1n) is 3.58. The second-order valence-corrected chi connectivity index (χ2v) is 2.70. The normalized spacial score (nSPS) is 9.50. The van der Waals surface area contributed by atoms with Crippen LogP contribution in [0.1, 0.15) is 0 Å². The number of carboxylic acid groups (broad SMARTS) is 1. The molecule has 1 rings (SSSR count). The van der Waals surface area contributed by atoms with Crippen LogP contribution in [0.2, 0.25) is 5.15 Å². The molecule has 0 aliphatic rings. The lowest BCUT2D eigenvalue weighted by molar-refractivity contribution is -0.135. The highest BCUT2D eigenvalue weighted by atomic mass is 35.5. The van der Waals surface area contributed by atoms with Gasteiger partial charge < -0.3 is 5.11 Å². The van der Waals surface area contributed by atoms with Crippen molar-refractivity contribution in [1.29, 1.82) is 0 Å². The number of hydrogen-bond acceptors (Lipinski definition) is 4. The summed E-state index contributed by atoms with van der Waals surface area (Å²) in [7, 11) is 0. The molecule has 0 spiro atoms. The fraction of sp³-hybridized carbons (Fsp3) is 0.143. The average Bonchev–Trinajstić information content (AvgIpc) is 2.15. The average molecular weight is 216 g/mol. The Balaban J connectivity index is 2.94. The number of pyridine rings is 1. The fourth-order valence-corrected chi connectivity index (χ4v) is 1.07. The Morgan fingerprint density at radius 1 is 1.71 bits per heavy atom. The van der Waals surface area contributed by atoms with Gasteiger partial charge in [-0.05, 0) is 12.1 Å². The molecule has 1 aromatic rings. The Morgan fingerprint density at radius 3 is 2.93 bits per heavy atom. The monoisotopic (exact) mass is 215 g/mol. The molecule has 0 bridgehead atoms. The number of carboxylic acids is 1. The van der Waals surface area contributed by atoms with Crippen LogP contribution in [0, 0.1) is 4.91 Å². The largest absolute Gasteiger partial charge is 0.480 e. The first-order chi connectivity index (χ1) is 6.65. The van der Waals surface area contributed by atoms with E-state index in [0.29, 0.717) is 0 Å². The van der Waals surface area contributed by atoms with Gasteiger partial charge in [-0.15, -0.1) is 4.91 Å². The van der Waals surface area contributed by atoms with Gasteiger partial charge in [0.05, 0.1) is 5.29 Å². The maximum Gasteiger partial charge on any atom is 0.325 e. The zero-order valence-electron chi connectivity index (χ0n) is 6.92. The highest BCUT2D eigenvalue weighted by Crippen LogP contribution is 2.22. The molecular weight excluding hydrogens is 210 g/mol. The number of nitroso groups, excluding NO2 is 1. The molecule has 7 heteroatoms. The summed E-state index contributed by atoms with van der Waals surface area (Å²) >= 11 is 5.64. The Kier molecular flexibility index (Phi) is 3.35. The van der Waals surface area contributed by atoms with E-state index in [9.17, 15) is 9.70 Å². The van der Waals surface area contributed by atoms with E-state index in [1.165, 1.54) is 18.3 Å². The van der Waals surface area contributed by atoms with E-state index in [-0.39, 0.29) is 10.8 Å². The SMILES string of the molecule is O=NN(CC(=O)O)c1cccnc1Cl. The van der Waals surface area contributed by atoms with Gasteiger partial charge in [-0.25, -0.2) is 9.99 Å². The number of aromatic nitrogens is 1. The first-order valence-corrected chi connectivity index (χ1v) is 3.96. The highest BCUT2D eigenvalue weighted by Gasteiger charge is 2.14. The van der Waals surface area contributed by atoms with E-state index in [4.69, 9.17) is 16.7 Å². The molecule has 1 N–H and O–H groups in total. The van der Waals surface area contributed by atoms with E-state index in [1.54, 1.807) is 0 Å². The van der Waals surface area contributed by atoms with Gasteiger partial charge in [-0.3, -0.25) is 4.79 Å². The predicted molar refractivity (Wildman–Crippen MR) is 50.0 cm³/mol. The van der Waals surface area contributed by atoms with Crippen LogP contribution in [0.3, 0.4) is 0 Å². The second-order valence-electron chi connectivity index (χ2n) is 2.35. The van der Waals surface area contributed by atoms with Crippen molar-refractivity contribution in [3.8, 4) is 0 Å². The summed E-state index contributed by atoms with van der Waals surface area (Å²) in [5.74, 6) is -1.18. The summed E-state index contributed by atoms with van der Waals surface area (Å²) in [6.45, 7) is -0.547. The fourth-order valence-electron chi connectivity index (χ4n) is 0.856. The quantitative estimate of drug-likeness (QED) is 0.465. The lowest BCUT2D eigenvalue weighted by atomic mass is 10.4. The minimum absolute atomic E-state index is 0.0355. The molecule has 0 atom stereocenters. The van der Waals surface area contributed by atoms with Gasteiger partial charge in [-0.2, -0.15) is 0 Å². The molecule has 0 aromatic carbocycles. The van der Waals surface area contributed by atoms with Gasteiger partial charge in [0.1, 0.15) is 12.2 Å². The van der Waals surface area contributed by atoms with Gasteiger partial charge in [0.2, 0.25) is 0 Å². The molecule has 74 valence electrons. The lowest BCUT2D eigenvalue weighted by Crippen LogP contribution is -2.24. The standard InChI is InChI=1S/C7H6ClN3O3/c8-7-5(2-1-3-9-7)11(10-14)4-6(12)13/h1-3H,4H2,(H,12,13). The van der Waals surface area contributed by atoms with Crippen LogP contribution in [-0.2, 0) is 4.79 Å². The van der Waals surface area contributed by atoms with Crippen LogP contribution in [0.15, 0.2) is 23.6 Å². The zero-order chi connectivity index (χ0) is 10.6. The topological polar surface area (TPSA) is 82.9 Å². The van der Waals surface area contributed by atoms with Gasteiger partial charge in [0, 0.05) is 6.20 Å². The van der Waals surface area contributed by atoms with Crippen molar-refractivity contribution in [2.24, 2.45) is 5.29 Å². The number of nitrogens with zero attached hydrogens (tertiary/aromatic N) is 3. The molecule has 14 heavy (non-hydrogen) atoms. The van der Waals surface area contributed by atoms with Crippen molar-refractivity contribution >= 4 is 23.3 Å². The van der Waals surface area contributed by atoms with E-state index >= 15 is 0 Å². The molecule has 0 unspecified atom stereocenters. The number of aliphatic carboxylic acids is 1. The van der Waals surface area contributed by atoms with Crippen molar-refractivity contribution in [1.82, 2.24) is 4.98 Å². The van der Waals surface area contributed by atoms with Gasteiger partial charge in [0.25, 0.3) is 0 Å². The van der Waals surface area contributed by atoms with Crippen molar-refractivity contribution < 1.29 is 9.90 Å². The molecule has 0 radical (unpaired) electrons. The van der Waals surface area contributed by atoms with E-state index in [1.807, 2.05) is 0 Å². The Hall–Kier alpha value is -1.69.